The lowest BCUT2D eigenvalue weighted by molar-refractivity contribution is 0.136. The number of hydrogen-bond acceptors (Lipinski definition) is 5. The Morgan fingerprint density at radius 1 is 1.19 bits per heavy atom. The van der Waals surface area contributed by atoms with E-state index in [2.05, 4.69) is 15.5 Å². The van der Waals surface area contributed by atoms with Gasteiger partial charge in [-0.1, -0.05) is 47.6 Å². The van der Waals surface area contributed by atoms with E-state index in [1.54, 1.807) is 17.0 Å². The molecule has 2 heterocycles. The van der Waals surface area contributed by atoms with Crippen molar-refractivity contribution in [3.63, 3.8) is 0 Å². The molecule has 1 unspecified atom stereocenters. The zero-order chi connectivity index (χ0) is 22.5. The van der Waals surface area contributed by atoms with Gasteiger partial charge in [-0.3, -0.25) is 4.90 Å². The minimum absolute atomic E-state index is 0.264. The maximum atomic E-state index is 14.0. The van der Waals surface area contributed by atoms with Crippen LogP contribution in [0.3, 0.4) is 0 Å². The number of carbonyl (C=O) groups is 1. The fraction of sp³-hybridized carbons (Fsp3) is 0.292. The Kier molecular flexibility index (Phi) is 6.61. The number of amides is 2. The second kappa shape index (κ2) is 9.74. The topological polar surface area (TPSA) is 80.5 Å². The van der Waals surface area contributed by atoms with Crippen molar-refractivity contribution in [1.82, 2.24) is 20.4 Å². The van der Waals surface area contributed by atoms with Gasteiger partial charge in [-0.2, -0.15) is 4.98 Å². The van der Waals surface area contributed by atoms with Gasteiger partial charge in [0.05, 0.1) is 11.6 Å². The molecular weight excluding hydrogens is 411 g/mol. The summed E-state index contributed by atoms with van der Waals surface area (Å²) in [6.45, 7) is 5.41. The summed E-state index contributed by atoms with van der Waals surface area (Å²) >= 11 is 0. The van der Waals surface area contributed by atoms with Crippen molar-refractivity contribution in [2.45, 2.75) is 26.3 Å². The molecule has 1 atom stereocenters. The number of rotatable bonds is 8. The number of nitrogens with one attached hydrogen (secondary N) is 1. The van der Waals surface area contributed by atoms with E-state index >= 15 is 0 Å². The van der Waals surface area contributed by atoms with Crippen LogP contribution in [0, 0.1) is 5.82 Å². The van der Waals surface area contributed by atoms with Crippen molar-refractivity contribution in [1.29, 1.82) is 0 Å². The first-order valence-electron chi connectivity index (χ1n) is 10.6. The van der Waals surface area contributed by atoms with Crippen LogP contribution in [0.15, 0.2) is 64.8 Å². The van der Waals surface area contributed by atoms with Crippen LogP contribution in [-0.4, -0.2) is 40.8 Å². The zero-order valence-corrected chi connectivity index (χ0v) is 18.0. The molecule has 0 radical (unpaired) electrons. The molecule has 0 bridgehead atoms. The van der Waals surface area contributed by atoms with E-state index in [0.717, 1.165) is 5.56 Å². The van der Waals surface area contributed by atoms with Gasteiger partial charge in [-0.05, 0) is 38.0 Å². The number of urea groups is 1. The van der Waals surface area contributed by atoms with Crippen LogP contribution in [0.25, 0.3) is 17.0 Å². The molecule has 0 aliphatic carbocycles. The molecule has 0 spiro atoms. The van der Waals surface area contributed by atoms with Crippen LogP contribution in [0.5, 0.6) is 0 Å². The quantitative estimate of drug-likeness (QED) is 0.513. The zero-order valence-electron chi connectivity index (χ0n) is 18.0. The molecule has 8 heteroatoms. The summed E-state index contributed by atoms with van der Waals surface area (Å²) in [5, 5.41) is 7.10. The molecule has 1 aromatic heterocycles. The highest BCUT2D eigenvalue weighted by Gasteiger charge is 2.35. The van der Waals surface area contributed by atoms with E-state index in [1.165, 1.54) is 12.1 Å². The molecule has 2 aromatic carbocycles. The second-order valence-corrected chi connectivity index (χ2v) is 7.43. The Morgan fingerprint density at radius 3 is 2.75 bits per heavy atom. The van der Waals surface area contributed by atoms with E-state index in [-0.39, 0.29) is 17.7 Å². The van der Waals surface area contributed by atoms with E-state index in [9.17, 15) is 9.18 Å². The highest BCUT2D eigenvalue weighted by Crippen LogP contribution is 2.37. The molecule has 0 fully saturated rings. The van der Waals surface area contributed by atoms with Crippen LogP contribution in [-0.2, 0) is 4.74 Å². The third kappa shape index (κ3) is 4.55. The van der Waals surface area contributed by atoms with Gasteiger partial charge in [-0.15, -0.1) is 0 Å². The van der Waals surface area contributed by atoms with Gasteiger partial charge in [0.2, 0.25) is 5.82 Å². The molecule has 166 valence electrons. The monoisotopic (exact) mass is 436 g/mol. The lowest BCUT2D eigenvalue weighted by Crippen LogP contribution is -2.46. The summed E-state index contributed by atoms with van der Waals surface area (Å²) in [4.78, 5) is 19.1. The van der Waals surface area contributed by atoms with Gasteiger partial charge >= 0.3 is 6.03 Å². The first kappa shape index (κ1) is 21.7. The Bertz CT molecular complexity index is 1110. The Morgan fingerprint density at radius 2 is 2.00 bits per heavy atom. The summed E-state index contributed by atoms with van der Waals surface area (Å²) in [6, 6.07) is 14.7. The van der Waals surface area contributed by atoms with Gasteiger partial charge in [-0.25, -0.2) is 9.18 Å². The lowest BCUT2D eigenvalue weighted by atomic mass is 9.94. The number of hydrogen-bond donors (Lipinski definition) is 1. The number of nitrogens with zero attached hydrogens (tertiary/aromatic N) is 3. The molecule has 2 amide bonds. The lowest BCUT2D eigenvalue weighted by Gasteiger charge is -2.35. The van der Waals surface area contributed by atoms with Gasteiger partial charge in [0.15, 0.2) is 0 Å². The maximum Gasteiger partial charge on any atom is 0.322 e. The summed E-state index contributed by atoms with van der Waals surface area (Å²) < 4.78 is 25.0. The number of allylic oxidation sites excluding steroid dienone is 1. The molecule has 4 rings (SSSR count). The summed E-state index contributed by atoms with van der Waals surface area (Å²) in [5.41, 5.74) is 2.74. The number of aromatic nitrogens is 2. The average molecular weight is 436 g/mol. The van der Waals surface area contributed by atoms with E-state index in [0.29, 0.717) is 48.8 Å². The first-order valence-corrected chi connectivity index (χ1v) is 10.6. The Balaban J connectivity index is 1.74. The van der Waals surface area contributed by atoms with Gasteiger partial charge in [0.25, 0.3) is 5.89 Å². The summed E-state index contributed by atoms with van der Waals surface area (Å²) in [6.07, 6.45) is 0.676. The predicted molar refractivity (Wildman–Crippen MR) is 118 cm³/mol. The van der Waals surface area contributed by atoms with Crippen LogP contribution in [0.1, 0.15) is 37.8 Å². The minimum atomic E-state index is -0.620. The van der Waals surface area contributed by atoms with Crippen molar-refractivity contribution in [2.75, 3.05) is 19.8 Å². The van der Waals surface area contributed by atoms with Crippen LogP contribution < -0.4 is 5.32 Å². The molecule has 7 nitrogen and oxygen atoms in total. The van der Waals surface area contributed by atoms with Crippen LogP contribution >= 0.6 is 0 Å². The van der Waals surface area contributed by atoms with E-state index < -0.39 is 6.04 Å². The van der Waals surface area contributed by atoms with Crippen LogP contribution in [0.2, 0.25) is 0 Å². The number of carbonyl (C=O) groups excluding carboxylic acids is 1. The van der Waals surface area contributed by atoms with Crippen molar-refractivity contribution in [2.24, 2.45) is 0 Å². The van der Waals surface area contributed by atoms with Gasteiger partial charge in [0.1, 0.15) is 5.82 Å². The fourth-order valence-corrected chi connectivity index (χ4v) is 3.77. The number of benzene rings is 2. The Labute approximate surface area is 185 Å². The molecule has 0 saturated carbocycles. The average Bonchev–Trinajstić information content (AvgIpc) is 3.28. The molecule has 1 aliphatic rings. The normalized spacial score (nSPS) is 16.4. The van der Waals surface area contributed by atoms with Crippen molar-refractivity contribution < 1.29 is 18.4 Å². The van der Waals surface area contributed by atoms with Crippen molar-refractivity contribution in [3.8, 4) is 11.4 Å². The highest BCUT2D eigenvalue weighted by molar-refractivity contribution is 5.86. The molecule has 0 saturated heterocycles. The second-order valence-electron chi connectivity index (χ2n) is 7.43. The van der Waals surface area contributed by atoms with Gasteiger partial charge in [0, 0.05) is 31.0 Å². The van der Waals surface area contributed by atoms with E-state index in [1.807, 2.05) is 44.2 Å². The molecule has 1 aliphatic heterocycles. The summed E-state index contributed by atoms with van der Waals surface area (Å²) in [5.74, 6) is 0.340. The molecule has 32 heavy (non-hydrogen) atoms. The van der Waals surface area contributed by atoms with Gasteiger partial charge < -0.3 is 14.6 Å². The fourth-order valence-electron chi connectivity index (χ4n) is 3.77. The minimum Gasteiger partial charge on any atom is -0.382 e. The highest BCUT2D eigenvalue weighted by atomic mass is 19.1. The number of halogens is 1. The molecule has 1 N–H and O–H groups in total. The first-order chi connectivity index (χ1) is 15.6. The molecular formula is C24H25FN4O3. The standard InChI is InChI=1S/C24H25FN4O3/c1-3-31-14-8-13-29-16(2)20(21(26-24(29)30)18-11-7-12-19(25)15-18)23-27-22(28-32-23)17-9-5-4-6-10-17/h4-7,9-12,15,21H,3,8,13-14H2,1-2H3,(H,26,30). The Hall–Kier alpha value is -3.52. The predicted octanol–water partition coefficient (Wildman–Crippen LogP) is 4.80. The maximum absolute atomic E-state index is 14.0. The van der Waals surface area contributed by atoms with Crippen molar-refractivity contribution in [3.05, 3.63) is 77.6 Å². The SMILES string of the molecule is CCOCCCN1C(=O)NC(c2cccc(F)c2)C(c2nc(-c3ccccc3)no2)=C1C. The van der Waals surface area contributed by atoms with E-state index in [4.69, 9.17) is 9.26 Å². The summed E-state index contributed by atoms with van der Waals surface area (Å²) in [7, 11) is 0. The smallest absolute Gasteiger partial charge is 0.322 e. The molecule has 3 aromatic rings. The third-order valence-corrected chi connectivity index (χ3v) is 5.34. The van der Waals surface area contributed by atoms with Crippen molar-refractivity contribution >= 4 is 11.6 Å². The van der Waals surface area contributed by atoms with Crippen LogP contribution in [0.4, 0.5) is 9.18 Å². The largest absolute Gasteiger partial charge is 0.382 e. The third-order valence-electron chi connectivity index (χ3n) is 5.34. The number of ether oxygens (including phenoxy) is 1.